The van der Waals surface area contributed by atoms with E-state index in [1.54, 1.807) is 30.0 Å². The zero-order valence-electron chi connectivity index (χ0n) is 17.0. The van der Waals surface area contributed by atoms with Gasteiger partial charge >= 0.3 is 12.3 Å². The van der Waals surface area contributed by atoms with E-state index in [0.29, 0.717) is 17.1 Å². The van der Waals surface area contributed by atoms with Gasteiger partial charge in [0.05, 0.1) is 0 Å². The fourth-order valence-electron chi connectivity index (χ4n) is 2.93. The minimum Gasteiger partial charge on any atom is -0.482 e. The standard InChI is InChI=1S/C24H18F3IO4S/c25-24(26,27)32-19-8-4-7-17(13-19)20(16-5-2-1-3-6-16)11-12-33-22-10-9-18(14-21(22)28)31-15-23(29)30/h1-11,13-14H,12,15H2,(H,29,30)/b20-11-. The summed E-state index contributed by atoms with van der Waals surface area (Å²) in [4.78, 5) is 11.6. The van der Waals surface area contributed by atoms with Crippen molar-refractivity contribution in [2.45, 2.75) is 11.3 Å². The largest absolute Gasteiger partial charge is 0.573 e. The van der Waals surface area contributed by atoms with Crippen LogP contribution in [-0.2, 0) is 4.79 Å². The van der Waals surface area contributed by atoms with E-state index in [4.69, 9.17) is 9.84 Å². The van der Waals surface area contributed by atoms with Crippen LogP contribution in [0.1, 0.15) is 11.1 Å². The van der Waals surface area contributed by atoms with Crippen LogP contribution in [0.3, 0.4) is 0 Å². The van der Waals surface area contributed by atoms with Gasteiger partial charge in [-0.2, -0.15) is 0 Å². The summed E-state index contributed by atoms with van der Waals surface area (Å²) in [6.07, 6.45) is -2.81. The average molecular weight is 586 g/mol. The summed E-state index contributed by atoms with van der Waals surface area (Å²) in [7, 11) is 0. The van der Waals surface area contributed by atoms with Gasteiger partial charge in [-0.3, -0.25) is 0 Å². The van der Waals surface area contributed by atoms with E-state index < -0.39 is 18.9 Å². The van der Waals surface area contributed by atoms with Crippen LogP contribution >= 0.6 is 34.4 Å². The van der Waals surface area contributed by atoms with Crippen LogP contribution in [0.2, 0.25) is 0 Å². The molecule has 0 bridgehead atoms. The van der Waals surface area contributed by atoms with Gasteiger partial charge in [0, 0.05) is 14.2 Å². The number of hydrogen-bond donors (Lipinski definition) is 1. The molecule has 172 valence electrons. The maximum Gasteiger partial charge on any atom is 0.573 e. The van der Waals surface area contributed by atoms with E-state index in [0.717, 1.165) is 19.6 Å². The molecule has 0 amide bonds. The molecule has 0 aromatic heterocycles. The second kappa shape index (κ2) is 11.5. The van der Waals surface area contributed by atoms with Crippen molar-refractivity contribution in [3.63, 3.8) is 0 Å². The maximum absolute atomic E-state index is 12.7. The van der Waals surface area contributed by atoms with Gasteiger partial charge in [0.15, 0.2) is 6.61 Å². The number of hydrogen-bond acceptors (Lipinski definition) is 4. The van der Waals surface area contributed by atoms with Crippen molar-refractivity contribution in [3.05, 3.63) is 93.6 Å². The van der Waals surface area contributed by atoms with Crippen LogP contribution in [-0.4, -0.2) is 29.8 Å². The van der Waals surface area contributed by atoms with Gasteiger partial charge < -0.3 is 14.6 Å². The van der Waals surface area contributed by atoms with Crippen LogP contribution in [0.25, 0.3) is 5.57 Å². The first kappa shape index (κ1) is 25.0. The maximum atomic E-state index is 12.7. The van der Waals surface area contributed by atoms with Gasteiger partial charge in [-0.15, -0.1) is 24.9 Å². The van der Waals surface area contributed by atoms with E-state index in [1.165, 1.54) is 18.2 Å². The lowest BCUT2D eigenvalue weighted by Crippen LogP contribution is -2.17. The molecule has 0 aliphatic carbocycles. The number of carboxylic acids is 1. The van der Waals surface area contributed by atoms with E-state index in [2.05, 4.69) is 27.3 Å². The Hall–Kier alpha value is -2.66. The van der Waals surface area contributed by atoms with Crippen molar-refractivity contribution < 1.29 is 32.5 Å². The van der Waals surface area contributed by atoms with Gasteiger partial charge in [0.1, 0.15) is 11.5 Å². The number of rotatable bonds is 9. The number of ether oxygens (including phenoxy) is 2. The number of alkyl halides is 3. The molecule has 1 N–H and O–H groups in total. The van der Waals surface area contributed by atoms with E-state index in [1.807, 2.05) is 42.5 Å². The molecule has 9 heteroatoms. The summed E-state index contributed by atoms with van der Waals surface area (Å²) in [5.74, 6) is -0.305. The highest BCUT2D eigenvalue weighted by atomic mass is 127. The van der Waals surface area contributed by atoms with Gasteiger partial charge in [-0.1, -0.05) is 48.5 Å². The highest BCUT2D eigenvalue weighted by molar-refractivity contribution is 14.1. The Bertz CT molecular complexity index is 1130. The fraction of sp³-hybridized carbons (Fsp3) is 0.125. The van der Waals surface area contributed by atoms with Crippen LogP contribution in [0.4, 0.5) is 13.2 Å². The molecule has 0 saturated carbocycles. The topological polar surface area (TPSA) is 55.8 Å². The molecule has 0 unspecified atom stereocenters. The molecular weight excluding hydrogens is 568 g/mol. The third-order valence-corrected chi connectivity index (χ3v) is 6.51. The Balaban J connectivity index is 1.81. The molecule has 0 spiro atoms. The van der Waals surface area contributed by atoms with Gasteiger partial charge in [-0.25, -0.2) is 4.79 Å². The number of carbonyl (C=O) groups is 1. The summed E-state index contributed by atoms with van der Waals surface area (Å²) in [6, 6.07) is 20.6. The van der Waals surface area contributed by atoms with Crippen molar-refractivity contribution in [1.82, 2.24) is 0 Å². The van der Waals surface area contributed by atoms with Crippen molar-refractivity contribution in [1.29, 1.82) is 0 Å². The predicted molar refractivity (Wildman–Crippen MR) is 130 cm³/mol. The highest BCUT2D eigenvalue weighted by Crippen LogP contribution is 2.32. The number of aliphatic carboxylic acids is 1. The quantitative estimate of drug-likeness (QED) is 0.219. The lowest BCUT2D eigenvalue weighted by molar-refractivity contribution is -0.274. The first-order chi connectivity index (χ1) is 15.7. The molecule has 0 aliphatic heterocycles. The van der Waals surface area contributed by atoms with Crippen molar-refractivity contribution in [3.8, 4) is 11.5 Å². The minimum atomic E-state index is -4.76. The SMILES string of the molecule is O=C(O)COc1ccc(SC/C=C(/c2ccccc2)c2cccc(OC(F)(F)F)c2)c(I)c1. The lowest BCUT2D eigenvalue weighted by Gasteiger charge is -2.13. The smallest absolute Gasteiger partial charge is 0.482 e. The van der Waals surface area contributed by atoms with Crippen molar-refractivity contribution >= 4 is 45.9 Å². The summed E-state index contributed by atoms with van der Waals surface area (Å²) >= 11 is 3.69. The first-order valence-electron chi connectivity index (χ1n) is 9.60. The third kappa shape index (κ3) is 8.01. The first-order valence-corrected chi connectivity index (χ1v) is 11.7. The molecule has 0 aliphatic rings. The van der Waals surface area contributed by atoms with Gasteiger partial charge in [-0.05, 0) is 69.6 Å². The summed E-state index contributed by atoms with van der Waals surface area (Å²) in [6.45, 7) is -0.414. The molecule has 3 aromatic carbocycles. The Morgan fingerprint density at radius 2 is 1.70 bits per heavy atom. The van der Waals surface area contributed by atoms with Crippen LogP contribution in [0.15, 0.2) is 83.8 Å². The number of halogens is 4. The second-order valence-corrected chi connectivity index (χ2v) is 8.87. The minimum absolute atomic E-state index is 0.277. The second-order valence-electron chi connectivity index (χ2n) is 6.65. The predicted octanol–water partition coefficient (Wildman–Crippen LogP) is 6.88. The Morgan fingerprint density at radius 3 is 2.36 bits per heavy atom. The highest BCUT2D eigenvalue weighted by Gasteiger charge is 2.31. The number of thioether (sulfide) groups is 1. The lowest BCUT2D eigenvalue weighted by atomic mass is 9.98. The zero-order chi connectivity index (χ0) is 23.8. The van der Waals surface area contributed by atoms with E-state index >= 15 is 0 Å². The summed E-state index contributed by atoms with van der Waals surface area (Å²) in [5.41, 5.74) is 2.26. The Morgan fingerprint density at radius 1 is 0.970 bits per heavy atom. The van der Waals surface area contributed by atoms with Crippen LogP contribution < -0.4 is 9.47 Å². The average Bonchev–Trinajstić information content (AvgIpc) is 2.76. The number of carboxylic acid groups (broad SMARTS) is 1. The molecule has 3 rings (SSSR count). The molecule has 3 aromatic rings. The molecule has 0 radical (unpaired) electrons. The molecular formula is C24H18F3IO4S. The molecule has 0 atom stereocenters. The molecule has 4 nitrogen and oxygen atoms in total. The third-order valence-electron chi connectivity index (χ3n) is 4.26. The summed E-state index contributed by atoms with van der Waals surface area (Å²) < 4.78 is 48.2. The molecule has 0 saturated heterocycles. The number of benzene rings is 3. The van der Waals surface area contributed by atoms with Crippen LogP contribution in [0, 0.1) is 3.57 Å². The zero-order valence-corrected chi connectivity index (χ0v) is 20.0. The van der Waals surface area contributed by atoms with E-state index in [9.17, 15) is 18.0 Å². The Labute approximate surface area is 206 Å². The Kier molecular flexibility index (Phi) is 8.67. The van der Waals surface area contributed by atoms with Crippen molar-refractivity contribution in [2.24, 2.45) is 0 Å². The summed E-state index contributed by atoms with van der Waals surface area (Å²) in [5, 5.41) is 8.73. The molecule has 0 fully saturated rings. The monoisotopic (exact) mass is 586 g/mol. The van der Waals surface area contributed by atoms with Gasteiger partial charge in [0.25, 0.3) is 0 Å². The molecule has 33 heavy (non-hydrogen) atoms. The van der Waals surface area contributed by atoms with E-state index in [-0.39, 0.29) is 5.75 Å². The molecule has 0 heterocycles. The van der Waals surface area contributed by atoms with Gasteiger partial charge in [0.2, 0.25) is 0 Å². The normalized spacial score (nSPS) is 11.8. The van der Waals surface area contributed by atoms with Crippen LogP contribution in [0.5, 0.6) is 11.5 Å². The fourth-order valence-corrected chi connectivity index (χ4v) is 4.67. The van der Waals surface area contributed by atoms with Crippen molar-refractivity contribution in [2.75, 3.05) is 12.4 Å².